The second-order valence-electron chi connectivity index (χ2n) is 6.27. The third-order valence-electron chi connectivity index (χ3n) is 5.03. The summed E-state index contributed by atoms with van der Waals surface area (Å²) in [7, 11) is 2.33. The lowest BCUT2D eigenvalue weighted by Gasteiger charge is -2.52. The van der Waals surface area contributed by atoms with Crippen molar-refractivity contribution in [2.45, 2.75) is 32.1 Å². The van der Waals surface area contributed by atoms with Crippen LogP contribution in [0.4, 0.5) is 0 Å². The van der Waals surface area contributed by atoms with Gasteiger partial charge in [-0.3, -0.25) is 0 Å². The van der Waals surface area contributed by atoms with Gasteiger partial charge >= 0.3 is 0 Å². The molecule has 1 saturated carbocycles. The van der Waals surface area contributed by atoms with Gasteiger partial charge in [0.2, 0.25) is 0 Å². The second kappa shape index (κ2) is 3.74. The van der Waals surface area contributed by atoms with Crippen LogP contribution in [0.15, 0.2) is 0 Å². The van der Waals surface area contributed by atoms with E-state index in [4.69, 9.17) is 0 Å². The molecule has 2 unspecified atom stereocenters. The molecule has 0 aromatic heterocycles. The molecule has 0 aromatic carbocycles. The Balaban J connectivity index is 1.67. The van der Waals surface area contributed by atoms with Crippen LogP contribution in [0.25, 0.3) is 0 Å². The largest absolute Gasteiger partial charge is 0.316 e. The number of likely N-dealkylation sites (tertiary alicyclic amines) is 1. The number of hydrogen-bond acceptors (Lipinski definition) is 2. The highest BCUT2D eigenvalue weighted by molar-refractivity contribution is 4.97. The van der Waals surface area contributed by atoms with Gasteiger partial charge in [-0.2, -0.15) is 0 Å². The van der Waals surface area contributed by atoms with Gasteiger partial charge in [0.1, 0.15) is 0 Å². The number of hydrogen-bond donors (Lipinski definition) is 1. The van der Waals surface area contributed by atoms with E-state index in [0.29, 0.717) is 0 Å². The Hall–Kier alpha value is -0.0800. The monoisotopic (exact) mass is 208 g/mol. The lowest BCUT2D eigenvalue weighted by Crippen LogP contribution is -2.50. The molecule has 0 amide bonds. The van der Waals surface area contributed by atoms with Crippen molar-refractivity contribution in [3.05, 3.63) is 0 Å². The van der Waals surface area contributed by atoms with Gasteiger partial charge in [0.05, 0.1) is 0 Å². The summed E-state index contributed by atoms with van der Waals surface area (Å²) in [6, 6.07) is 0. The van der Waals surface area contributed by atoms with Crippen LogP contribution < -0.4 is 5.32 Å². The van der Waals surface area contributed by atoms with Gasteiger partial charge in [-0.05, 0) is 63.1 Å². The Morgan fingerprint density at radius 2 is 2.13 bits per heavy atom. The van der Waals surface area contributed by atoms with E-state index in [1.807, 2.05) is 0 Å². The highest BCUT2D eigenvalue weighted by Crippen LogP contribution is 2.50. The summed E-state index contributed by atoms with van der Waals surface area (Å²) >= 11 is 0. The van der Waals surface area contributed by atoms with Crippen LogP contribution in [0.1, 0.15) is 32.1 Å². The Bertz CT molecular complexity index is 229. The zero-order chi connectivity index (χ0) is 10.3. The van der Waals surface area contributed by atoms with Crippen molar-refractivity contribution in [1.82, 2.24) is 10.2 Å². The molecule has 2 heterocycles. The van der Waals surface area contributed by atoms with Crippen molar-refractivity contribution >= 4 is 0 Å². The van der Waals surface area contributed by atoms with Gasteiger partial charge < -0.3 is 10.2 Å². The molecule has 0 aromatic rings. The fourth-order valence-corrected chi connectivity index (χ4v) is 4.16. The summed E-state index contributed by atoms with van der Waals surface area (Å²) < 4.78 is 0. The molecular weight excluding hydrogens is 184 g/mol. The van der Waals surface area contributed by atoms with Gasteiger partial charge in [-0.15, -0.1) is 0 Å². The molecule has 0 radical (unpaired) electrons. The molecule has 2 aliphatic heterocycles. The molecule has 1 N–H and O–H groups in total. The molecule has 2 atom stereocenters. The van der Waals surface area contributed by atoms with Crippen molar-refractivity contribution in [3.8, 4) is 0 Å². The highest BCUT2D eigenvalue weighted by Gasteiger charge is 2.44. The Labute approximate surface area is 93.4 Å². The van der Waals surface area contributed by atoms with Crippen LogP contribution in [0.3, 0.4) is 0 Å². The topological polar surface area (TPSA) is 15.3 Å². The minimum absolute atomic E-state index is 0.750. The van der Waals surface area contributed by atoms with Gasteiger partial charge in [0.25, 0.3) is 0 Å². The quantitative estimate of drug-likeness (QED) is 0.706. The molecular formula is C13H24N2. The molecule has 3 aliphatic rings. The minimum atomic E-state index is 0.750. The van der Waals surface area contributed by atoms with Crippen LogP contribution in [0, 0.1) is 17.3 Å². The van der Waals surface area contributed by atoms with E-state index >= 15 is 0 Å². The maximum Gasteiger partial charge on any atom is 0.00351 e. The molecule has 2 nitrogen and oxygen atoms in total. The van der Waals surface area contributed by atoms with E-state index in [0.717, 1.165) is 17.3 Å². The van der Waals surface area contributed by atoms with Crippen LogP contribution in [0.5, 0.6) is 0 Å². The normalized spacial score (nSPS) is 40.6. The maximum atomic E-state index is 3.53. The Morgan fingerprint density at radius 3 is 2.73 bits per heavy atom. The van der Waals surface area contributed by atoms with Crippen molar-refractivity contribution in [1.29, 1.82) is 0 Å². The summed E-state index contributed by atoms with van der Waals surface area (Å²) in [6.45, 7) is 5.28. The smallest absolute Gasteiger partial charge is 0.00351 e. The van der Waals surface area contributed by atoms with Crippen LogP contribution in [0.2, 0.25) is 0 Å². The molecule has 2 heteroatoms. The fourth-order valence-electron chi connectivity index (χ4n) is 4.16. The molecule has 1 spiro atoms. The van der Waals surface area contributed by atoms with Gasteiger partial charge in [0, 0.05) is 13.1 Å². The van der Waals surface area contributed by atoms with Crippen LogP contribution in [-0.4, -0.2) is 38.1 Å². The number of nitrogens with zero attached hydrogens (tertiary/aromatic N) is 1. The molecule has 3 fully saturated rings. The molecule has 86 valence electrons. The van der Waals surface area contributed by atoms with E-state index in [2.05, 4.69) is 17.3 Å². The predicted molar refractivity (Wildman–Crippen MR) is 62.9 cm³/mol. The summed E-state index contributed by atoms with van der Waals surface area (Å²) in [5.41, 5.74) is 0.750. The van der Waals surface area contributed by atoms with Gasteiger partial charge in [-0.1, -0.05) is 6.42 Å². The number of piperidine rings is 1. The van der Waals surface area contributed by atoms with E-state index in [-0.39, 0.29) is 0 Å². The fraction of sp³-hybridized carbons (Fsp3) is 1.00. The molecule has 1 aliphatic carbocycles. The molecule has 3 rings (SSSR count). The summed E-state index contributed by atoms with van der Waals surface area (Å²) in [5.74, 6) is 1.96. The van der Waals surface area contributed by atoms with Crippen molar-refractivity contribution in [2.24, 2.45) is 17.3 Å². The lowest BCUT2D eigenvalue weighted by atomic mass is 9.60. The zero-order valence-electron chi connectivity index (χ0n) is 9.97. The number of rotatable bonds is 1. The van der Waals surface area contributed by atoms with E-state index in [9.17, 15) is 0 Å². The maximum absolute atomic E-state index is 3.53. The molecule has 15 heavy (non-hydrogen) atoms. The first-order valence-corrected chi connectivity index (χ1v) is 6.67. The van der Waals surface area contributed by atoms with Crippen molar-refractivity contribution in [3.63, 3.8) is 0 Å². The lowest BCUT2D eigenvalue weighted by molar-refractivity contribution is -0.0133. The summed E-state index contributed by atoms with van der Waals surface area (Å²) in [4.78, 5) is 2.60. The van der Waals surface area contributed by atoms with Crippen LogP contribution >= 0.6 is 0 Å². The third kappa shape index (κ3) is 1.83. The Kier molecular flexibility index (Phi) is 2.52. The van der Waals surface area contributed by atoms with E-state index < -0.39 is 0 Å². The van der Waals surface area contributed by atoms with E-state index in [1.54, 1.807) is 0 Å². The van der Waals surface area contributed by atoms with Gasteiger partial charge in [-0.25, -0.2) is 0 Å². The van der Waals surface area contributed by atoms with Crippen molar-refractivity contribution < 1.29 is 0 Å². The Morgan fingerprint density at radius 1 is 1.27 bits per heavy atom. The highest BCUT2D eigenvalue weighted by atomic mass is 15.1. The average Bonchev–Trinajstić information content (AvgIpc) is 2.67. The summed E-state index contributed by atoms with van der Waals surface area (Å²) in [5, 5.41) is 3.53. The van der Waals surface area contributed by atoms with Crippen molar-refractivity contribution in [2.75, 3.05) is 33.2 Å². The average molecular weight is 208 g/mol. The molecule has 2 saturated heterocycles. The molecule has 0 bridgehead atoms. The standard InChI is InChI=1S/C13H24N2/c1-15-9-12(11-3-6-14-8-11)7-13(10-15)4-2-5-13/h11-12,14H,2-10H2,1H3. The second-order valence-corrected chi connectivity index (χ2v) is 6.27. The van der Waals surface area contributed by atoms with Crippen LogP contribution in [-0.2, 0) is 0 Å². The first-order valence-electron chi connectivity index (χ1n) is 6.67. The minimum Gasteiger partial charge on any atom is -0.316 e. The van der Waals surface area contributed by atoms with E-state index in [1.165, 1.54) is 58.3 Å². The predicted octanol–water partition coefficient (Wildman–Crippen LogP) is 1.72. The summed E-state index contributed by atoms with van der Waals surface area (Å²) in [6.07, 6.45) is 7.46. The van der Waals surface area contributed by atoms with Gasteiger partial charge in [0.15, 0.2) is 0 Å². The third-order valence-corrected chi connectivity index (χ3v) is 5.03. The first kappa shape index (κ1) is 10.1. The first-order chi connectivity index (χ1) is 7.27. The zero-order valence-corrected chi connectivity index (χ0v) is 9.97. The SMILES string of the molecule is CN1CC(C2CCNC2)CC2(CCC2)C1. The number of nitrogens with one attached hydrogen (secondary N) is 1.